The lowest BCUT2D eigenvalue weighted by Gasteiger charge is -2.41. The van der Waals surface area contributed by atoms with Gasteiger partial charge in [0.05, 0.1) is 16.6 Å². The smallest absolute Gasteiger partial charge is 0.255 e. The largest absolute Gasteiger partial charge is 0.354 e. The van der Waals surface area contributed by atoms with Crippen LogP contribution in [0.1, 0.15) is 56.3 Å². The Bertz CT molecular complexity index is 744. The number of benzene rings is 1. The van der Waals surface area contributed by atoms with Crippen LogP contribution in [0.15, 0.2) is 18.2 Å². The molecule has 0 spiro atoms. The number of halogens is 2. The number of rotatable bonds is 7. The highest BCUT2D eigenvalue weighted by atomic mass is 35.5. The number of piperazine rings is 1. The van der Waals surface area contributed by atoms with Crippen LogP contribution in [-0.4, -0.2) is 60.4 Å². The third-order valence-corrected chi connectivity index (χ3v) is 7.14. The molecule has 1 aliphatic heterocycles. The van der Waals surface area contributed by atoms with E-state index in [0.29, 0.717) is 53.6 Å². The van der Waals surface area contributed by atoms with Gasteiger partial charge in [-0.25, -0.2) is 0 Å². The van der Waals surface area contributed by atoms with E-state index in [1.54, 1.807) is 18.2 Å². The molecule has 1 heterocycles. The number of carbonyl (C=O) groups excluding carboxylic acids is 2. The van der Waals surface area contributed by atoms with E-state index in [1.165, 1.54) is 12.8 Å². The Balaban J connectivity index is 1.63. The van der Waals surface area contributed by atoms with Crippen LogP contribution >= 0.6 is 23.2 Å². The van der Waals surface area contributed by atoms with Crippen LogP contribution in [0.25, 0.3) is 0 Å². The van der Waals surface area contributed by atoms with E-state index >= 15 is 0 Å². The highest BCUT2D eigenvalue weighted by molar-refractivity contribution is 6.36. The summed E-state index contributed by atoms with van der Waals surface area (Å²) in [4.78, 5) is 30.1. The zero-order chi connectivity index (χ0) is 21.7. The lowest BCUT2D eigenvalue weighted by Crippen LogP contribution is -2.58. The fourth-order valence-electron chi connectivity index (χ4n) is 4.51. The van der Waals surface area contributed by atoms with Gasteiger partial charge in [0.2, 0.25) is 5.91 Å². The second kappa shape index (κ2) is 10.8. The number of nitrogens with zero attached hydrogens (tertiary/aromatic N) is 2. The number of hydrogen-bond acceptors (Lipinski definition) is 3. The molecular formula is C23H33Cl2N3O2. The topological polar surface area (TPSA) is 52.7 Å². The fraction of sp³-hybridized carbons (Fsp3) is 0.652. The van der Waals surface area contributed by atoms with Gasteiger partial charge in [-0.3, -0.25) is 14.5 Å². The molecule has 2 atom stereocenters. The van der Waals surface area contributed by atoms with Gasteiger partial charge in [0.15, 0.2) is 0 Å². The van der Waals surface area contributed by atoms with Crippen molar-refractivity contribution in [1.82, 2.24) is 15.1 Å². The van der Waals surface area contributed by atoms with Crippen LogP contribution in [0.4, 0.5) is 0 Å². The van der Waals surface area contributed by atoms with Crippen LogP contribution in [-0.2, 0) is 4.79 Å². The minimum Gasteiger partial charge on any atom is -0.354 e. The van der Waals surface area contributed by atoms with Gasteiger partial charge in [0, 0.05) is 37.7 Å². The molecule has 1 saturated carbocycles. The van der Waals surface area contributed by atoms with E-state index in [-0.39, 0.29) is 17.9 Å². The molecule has 1 aromatic rings. The first-order chi connectivity index (χ1) is 14.4. The molecule has 166 valence electrons. The van der Waals surface area contributed by atoms with Crippen LogP contribution in [0.5, 0.6) is 0 Å². The molecule has 5 nitrogen and oxygen atoms in total. The molecule has 0 bridgehead atoms. The summed E-state index contributed by atoms with van der Waals surface area (Å²) in [7, 11) is 0. The molecule has 1 aromatic carbocycles. The second-order valence-electron chi connectivity index (χ2n) is 8.70. The van der Waals surface area contributed by atoms with E-state index < -0.39 is 0 Å². The average Bonchev–Trinajstić information content (AvgIpc) is 3.26. The van der Waals surface area contributed by atoms with Gasteiger partial charge >= 0.3 is 0 Å². The van der Waals surface area contributed by atoms with Crippen LogP contribution in [0, 0.1) is 11.8 Å². The maximum atomic E-state index is 13.1. The Morgan fingerprint density at radius 2 is 1.80 bits per heavy atom. The van der Waals surface area contributed by atoms with Crippen molar-refractivity contribution in [1.29, 1.82) is 0 Å². The van der Waals surface area contributed by atoms with Gasteiger partial charge < -0.3 is 10.2 Å². The summed E-state index contributed by atoms with van der Waals surface area (Å²) in [6, 6.07) is 4.88. The molecule has 1 saturated heterocycles. The quantitative estimate of drug-likeness (QED) is 0.662. The minimum atomic E-state index is -0.0899. The number of hydrogen-bond donors (Lipinski definition) is 1. The summed E-state index contributed by atoms with van der Waals surface area (Å²) < 4.78 is 0. The predicted molar refractivity (Wildman–Crippen MR) is 122 cm³/mol. The van der Waals surface area contributed by atoms with Crippen molar-refractivity contribution in [3.63, 3.8) is 0 Å². The molecule has 2 fully saturated rings. The van der Waals surface area contributed by atoms with E-state index in [1.807, 2.05) is 4.90 Å². The second-order valence-corrected chi connectivity index (χ2v) is 9.54. The lowest BCUT2D eigenvalue weighted by atomic mass is 9.94. The highest BCUT2D eigenvalue weighted by Crippen LogP contribution is 2.31. The molecule has 1 aliphatic carbocycles. The number of nitrogens with one attached hydrogen (secondary N) is 1. The van der Waals surface area contributed by atoms with Crippen molar-refractivity contribution in [2.24, 2.45) is 11.8 Å². The Morgan fingerprint density at radius 3 is 2.40 bits per heavy atom. The molecule has 2 aliphatic rings. The molecule has 2 amide bonds. The third-order valence-electron chi connectivity index (χ3n) is 6.59. The van der Waals surface area contributed by atoms with E-state index in [0.717, 1.165) is 25.8 Å². The van der Waals surface area contributed by atoms with Crippen molar-refractivity contribution in [2.45, 2.75) is 52.0 Å². The first-order valence-corrected chi connectivity index (χ1v) is 11.9. The minimum absolute atomic E-state index is 0.0741. The molecule has 0 radical (unpaired) electrons. The van der Waals surface area contributed by atoms with Gasteiger partial charge in [-0.2, -0.15) is 0 Å². The van der Waals surface area contributed by atoms with Gasteiger partial charge in [-0.1, -0.05) is 56.3 Å². The zero-order valence-electron chi connectivity index (χ0n) is 18.0. The van der Waals surface area contributed by atoms with E-state index in [2.05, 4.69) is 24.1 Å². The van der Waals surface area contributed by atoms with Gasteiger partial charge in [-0.05, 0) is 42.9 Å². The average molecular weight is 454 g/mol. The molecular weight excluding hydrogens is 421 g/mol. The van der Waals surface area contributed by atoms with Crippen LogP contribution < -0.4 is 5.32 Å². The summed E-state index contributed by atoms with van der Waals surface area (Å²) in [5.41, 5.74) is 0.480. The Labute approximate surface area is 190 Å². The Hall–Kier alpha value is -1.30. The summed E-state index contributed by atoms with van der Waals surface area (Å²) in [5.74, 6) is 0.976. The maximum Gasteiger partial charge on any atom is 0.255 e. The summed E-state index contributed by atoms with van der Waals surface area (Å²) in [6.07, 6.45) is 5.69. The van der Waals surface area contributed by atoms with E-state index in [4.69, 9.17) is 23.2 Å². The summed E-state index contributed by atoms with van der Waals surface area (Å²) >= 11 is 12.2. The first kappa shape index (κ1) is 23.4. The fourth-order valence-corrected chi connectivity index (χ4v) is 5.00. The van der Waals surface area contributed by atoms with Gasteiger partial charge in [0.25, 0.3) is 5.91 Å². The standard InChI is InChI=1S/C23H33Cl2N3O2/c1-3-16(2)15-26-22(29)21(17-6-4-5-7-17)27-10-12-28(13-11-27)23(30)19-9-8-18(24)14-20(19)25/h8-9,14,16-17,21H,3-7,10-13,15H2,1-2H3,(H,26,29)/t16-,21+/m0/s1. The van der Waals surface area contributed by atoms with Gasteiger partial charge in [0.1, 0.15) is 0 Å². The molecule has 0 aromatic heterocycles. The molecule has 7 heteroatoms. The monoisotopic (exact) mass is 453 g/mol. The highest BCUT2D eigenvalue weighted by Gasteiger charge is 2.37. The Kier molecular flexibility index (Phi) is 8.44. The molecule has 0 unspecified atom stereocenters. The zero-order valence-corrected chi connectivity index (χ0v) is 19.5. The first-order valence-electron chi connectivity index (χ1n) is 11.2. The van der Waals surface area contributed by atoms with Gasteiger partial charge in [-0.15, -0.1) is 0 Å². The maximum absolute atomic E-state index is 13.1. The lowest BCUT2D eigenvalue weighted by molar-refractivity contribution is -0.129. The molecule has 30 heavy (non-hydrogen) atoms. The molecule has 1 N–H and O–H groups in total. The third kappa shape index (κ3) is 5.68. The predicted octanol–water partition coefficient (Wildman–Crippen LogP) is 4.47. The van der Waals surface area contributed by atoms with E-state index in [9.17, 15) is 9.59 Å². The van der Waals surface area contributed by atoms with Crippen molar-refractivity contribution in [3.8, 4) is 0 Å². The van der Waals surface area contributed by atoms with Crippen LogP contribution in [0.2, 0.25) is 10.0 Å². The number of amides is 2. The normalized spacial score (nSPS) is 20.2. The number of carbonyl (C=O) groups is 2. The van der Waals surface area contributed by atoms with Crippen molar-refractivity contribution < 1.29 is 9.59 Å². The van der Waals surface area contributed by atoms with Crippen molar-refractivity contribution in [2.75, 3.05) is 32.7 Å². The van der Waals surface area contributed by atoms with Crippen molar-refractivity contribution >= 4 is 35.0 Å². The Morgan fingerprint density at radius 1 is 1.13 bits per heavy atom. The molecule has 3 rings (SSSR count). The van der Waals surface area contributed by atoms with Crippen LogP contribution in [0.3, 0.4) is 0 Å². The SMILES string of the molecule is CC[C@H](C)CNC(=O)[C@@H](C1CCCC1)N1CCN(C(=O)c2ccc(Cl)cc2Cl)CC1. The summed E-state index contributed by atoms with van der Waals surface area (Å²) in [6.45, 7) is 7.64. The van der Waals surface area contributed by atoms with Crippen molar-refractivity contribution in [3.05, 3.63) is 33.8 Å². The summed E-state index contributed by atoms with van der Waals surface area (Å²) in [5, 5.41) is 4.08.